The van der Waals surface area contributed by atoms with E-state index in [4.69, 9.17) is 10.5 Å². The van der Waals surface area contributed by atoms with E-state index in [0.29, 0.717) is 0 Å². The van der Waals surface area contributed by atoms with Gasteiger partial charge in [0.15, 0.2) is 12.5 Å². The van der Waals surface area contributed by atoms with E-state index >= 15 is 0 Å². The van der Waals surface area contributed by atoms with Gasteiger partial charge in [0.25, 0.3) is 0 Å². The van der Waals surface area contributed by atoms with Gasteiger partial charge < -0.3 is 10.2 Å². The minimum Gasteiger partial charge on any atom is -0.369 e. The van der Waals surface area contributed by atoms with Crippen molar-refractivity contribution in [3.63, 3.8) is 0 Å². The van der Waals surface area contributed by atoms with Crippen LogP contribution in [0.15, 0.2) is 0 Å². The number of nitrogens with zero attached hydrogens (tertiary/aromatic N) is 4. The molecule has 14 heavy (non-hydrogen) atoms. The van der Waals surface area contributed by atoms with Gasteiger partial charge in [-0.15, -0.1) is 0 Å². The first kappa shape index (κ1) is 10.3. The summed E-state index contributed by atoms with van der Waals surface area (Å²) < 4.78 is 0. The van der Waals surface area contributed by atoms with Crippen molar-refractivity contribution in [2.24, 2.45) is 0 Å². The van der Waals surface area contributed by atoms with E-state index in [0.717, 1.165) is 9.80 Å². The summed E-state index contributed by atoms with van der Waals surface area (Å²) in [5.74, 6) is 0. The summed E-state index contributed by atoms with van der Waals surface area (Å²) in [6.07, 6.45) is -2.90. The average molecular weight is 196 g/mol. The van der Waals surface area contributed by atoms with Crippen LogP contribution in [0.2, 0.25) is 0 Å². The second kappa shape index (κ2) is 3.92. The molecule has 0 aromatic heterocycles. The second-order valence-electron chi connectivity index (χ2n) is 2.68. The lowest BCUT2D eigenvalue weighted by Gasteiger charge is -2.15. The lowest BCUT2D eigenvalue weighted by Crippen LogP contribution is -2.37. The monoisotopic (exact) mass is 196 g/mol. The Morgan fingerprint density at radius 3 is 1.79 bits per heavy atom. The Hall–Kier alpha value is -1.83. The fourth-order valence-electron chi connectivity index (χ4n) is 1.19. The molecule has 74 valence electrons. The fourth-order valence-corrected chi connectivity index (χ4v) is 1.19. The van der Waals surface area contributed by atoms with Gasteiger partial charge in [0, 0.05) is 0 Å². The number of carbonyl (C=O) groups excluding carboxylic acids is 1. The van der Waals surface area contributed by atoms with Gasteiger partial charge in [-0.05, 0) is 0 Å². The fraction of sp³-hybridized carbons (Fsp3) is 0.571. The Labute approximate surface area is 80.0 Å². The van der Waals surface area contributed by atoms with Crippen LogP contribution in [0, 0.1) is 22.7 Å². The number of aliphatic hydroxyl groups excluding tert-OH is 2. The third-order valence-corrected chi connectivity index (χ3v) is 1.88. The van der Waals surface area contributed by atoms with Crippen LogP contribution in [-0.4, -0.2) is 51.6 Å². The van der Waals surface area contributed by atoms with Crippen molar-refractivity contribution in [3.8, 4) is 12.1 Å². The summed E-state index contributed by atoms with van der Waals surface area (Å²) in [6, 6.07) is 2.64. The van der Waals surface area contributed by atoms with E-state index in [1.807, 2.05) is 0 Å². The molecule has 0 radical (unpaired) electrons. The van der Waals surface area contributed by atoms with Gasteiger partial charge >= 0.3 is 6.03 Å². The lowest BCUT2D eigenvalue weighted by molar-refractivity contribution is -0.0608. The minimum atomic E-state index is -1.45. The molecule has 7 heteroatoms. The predicted molar refractivity (Wildman–Crippen MR) is 42.0 cm³/mol. The molecule has 0 spiro atoms. The van der Waals surface area contributed by atoms with Crippen LogP contribution in [0.4, 0.5) is 4.79 Å². The molecular formula is C7H8N4O3. The van der Waals surface area contributed by atoms with Crippen molar-refractivity contribution < 1.29 is 15.0 Å². The first-order valence-corrected chi connectivity index (χ1v) is 3.80. The van der Waals surface area contributed by atoms with Gasteiger partial charge in [-0.1, -0.05) is 0 Å². The largest absolute Gasteiger partial charge is 0.369 e. The number of hydrogen-bond donors (Lipinski definition) is 2. The summed E-state index contributed by atoms with van der Waals surface area (Å²) in [5, 5.41) is 35.3. The van der Waals surface area contributed by atoms with Gasteiger partial charge in [-0.3, -0.25) is 9.80 Å². The Morgan fingerprint density at radius 2 is 1.50 bits per heavy atom. The van der Waals surface area contributed by atoms with E-state index in [9.17, 15) is 15.0 Å². The maximum Gasteiger partial charge on any atom is 0.326 e. The highest BCUT2D eigenvalue weighted by atomic mass is 16.4. The SMILES string of the molecule is N#CCN1C(=O)N(CC#N)C(O)C1O. The van der Waals surface area contributed by atoms with Crippen LogP contribution in [-0.2, 0) is 0 Å². The lowest BCUT2D eigenvalue weighted by atomic mass is 10.4. The number of nitriles is 2. The third-order valence-electron chi connectivity index (χ3n) is 1.88. The Balaban J connectivity index is 2.81. The maximum absolute atomic E-state index is 11.3. The van der Waals surface area contributed by atoms with E-state index < -0.39 is 18.5 Å². The molecule has 1 aliphatic rings. The number of carbonyl (C=O) groups is 1. The standard InChI is InChI=1S/C7H8N4O3/c8-1-3-10-5(12)6(13)11(4-2-9)7(10)14/h5-6,12-13H,3-4H2. The molecule has 0 aliphatic carbocycles. The smallest absolute Gasteiger partial charge is 0.326 e. The van der Waals surface area contributed by atoms with Crippen LogP contribution in [0.25, 0.3) is 0 Å². The van der Waals surface area contributed by atoms with Crippen molar-refractivity contribution in [2.75, 3.05) is 13.1 Å². The quantitative estimate of drug-likeness (QED) is 0.517. The van der Waals surface area contributed by atoms with Crippen LogP contribution in [0.1, 0.15) is 0 Å². The van der Waals surface area contributed by atoms with Crippen LogP contribution < -0.4 is 0 Å². The molecule has 0 bridgehead atoms. The normalized spacial score (nSPS) is 26.1. The predicted octanol–water partition coefficient (Wildman–Crippen LogP) is -1.59. The van der Waals surface area contributed by atoms with Gasteiger partial charge in [0.05, 0.1) is 12.1 Å². The molecule has 0 aromatic carbocycles. The molecule has 1 rings (SSSR count). The molecule has 2 unspecified atom stereocenters. The zero-order valence-electron chi connectivity index (χ0n) is 7.16. The highest BCUT2D eigenvalue weighted by Gasteiger charge is 2.43. The molecule has 7 nitrogen and oxygen atoms in total. The van der Waals surface area contributed by atoms with E-state index in [1.165, 1.54) is 0 Å². The van der Waals surface area contributed by atoms with E-state index in [2.05, 4.69) is 0 Å². The first-order valence-electron chi connectivity index (χ1n) is 3.80. The van der Waals surface area contributed by atoms with E-state index in [-0.39, 0.29) is 13.1 Å². The molecule has 1 fully saturated rings. The van der Waals surface area contributed by atoms with Crippen LogP contribution in [0.3, 0.4) is 0 Å². The zero-order valence-corrected chi connectivity index (χ0v) is 7.16. The summed E-state index contributed by atoms with van der Waals surface area (Å²) in [5.41, 5.74) is 0. The van der Waals surface area contributed by atoms with Gasteiger partial charge in [0.2, 0.25) is 0 Å². The summed E-state index contributed by atoms with van der Waals surface area (Å²) >= 11 is 0. The number of hydrogen-bond acceptors (Lipinski definition) is 5. The molecule has 1 aliphatic heterocycles. The minimum absolute atomic E-state index is 0.320. The molecular weight excluding hydrogens is 188 g/mol. The van der Waals surface area contributed by atoms with E-state index in [1.54, 1.807) is 12.1 Å². The third kappa shape index (κ3) is 1.46. The highest BCUT2D eigenvalue weighted by molar-refractivity contribution is 5.77. The van der Waals surface area contributed by atoms with Crippen molar-refractivity contribution in [3.05, 3.63) is 0 Å². The molecule has 1 saturated heterocycles. The Kier molecular flexibility index (Phi) is 2.87. The van der Waals surface area contributed by atoms with Crippen LogP contribution >= 0.6 is 0 Å². The first-order chi connectivity index (χ1) is 6.63. The maximum atomic E-state index is 11.3. The Morgan fingerprint density at radius 1 is 1.14 bits per heavy atom. The van der Waals surface area contributed by atoms with Gasteiger partial charge in [0.1, 0.15) is 13.1 Å². The molecule has 1 heterocycles. The zero-order chi connectivity index (χ0) is 10.7. The molecule has 2 atom stereocenters. The number of urea groups is 1. The highest BCUT2D eigenvalue weighted by Crippen LogP contribution is 2.18. The van der Waals surface area contributed by atoms with Gasteiger partial charge in [-0.25, -0.2) is 4.79 Å². The van der Waals surface area contributed by atoms with Crippen molar-refractivity contribution in [1.29, 1.82) is 10.5 Å². The number of aliphatic hydroxyl groups is 2. The summed E-state index contributed by atoms with van der Waals surface area (Å²) in [6.45, 7) is -0.641. The topological polar surface area (TPSA) is 112 Å². The molecule has 0 saturated carbocycles. The summed E-state index contributed by atoms with van der Waals surface area (Å²) in [7, 11) is 0. The van der Waals surface area contributed by atoms with Crippen molar-refractivity contribution in [1.82, 2.24) is 9.80 Å². The van der Waals surface area contributed by atoms with Crippen molar-refractivity contribution >= 4 is 6.03 Å². The average Bonchev–Trinajstić information content (AvgIpc) is 2.36. The Bertz CT molecular complexity index is 288. The number of amides is 2. The molecule has 2 amide bonds. The molecule has 2 N–H and O–H groups in total. The second-order valence-corrected chi connectivity index (χ2v) is 2.68. The van der Waals surface area contributed by atoms with Crippen molar-refractivity contribution in [2.45, 2.75) is 12.5 Å². The molecule has 0 aromatic rings. The van der Waals surface area contributed by atoms with Crippen LogP contribution in [0.5, 0.6) is 0 Å². The number of rotatable bonds is 2. The van der Waals surface area contributed by atoms with Gasteiger partial charge in [-0.2, -0.15) is 10.5 Å². The summed E-state index contributed by atoms with van der Waals surface area (Å²) in [4.78, 5) is 12.9.